The number of likely N-dealkylation sites (N-methyl/N-ethyl adjacent to an activating group) is 1. The van der Waals surface area contributed by atoms with E-state index in [9.17, 15) is 4.79 Å². The zero-order valence-electron chi connectivity index (χ0n) is 12.7. The van der Waals surface area contributed by atoms with Crippen LogP contribution >= 0.6 is 0 Å². The lowest BCUT2D eigenvalue weighted by Gasteiger charge is -2.20. The number of rotatable bonds is 5. The minimum atomic E-state index is 0.0332. The van der Waals surface area contributed by atoms with Crippen molar-refractivity contribution in [1.29, 1.82) is 0 Å². The first-order chi connectivity index (χ1) is 9.61. The van der Waals surface area contributed by atoms with Gasteiger partial charge in [-0.25, -0.2) is 0 Å². The second-order valence-electron chi connectivity index (χ2n) is 5.55. The molecular formula is C16H25N3O. The molecule has 0 saturated carbocycles. The number of amides is 1. The van der Waals surface area contributed by atoms with Crippen LogP contribution in [0.25, 0.3) is 0 Å². The molecule has 0 bridgehead atoms. The molecule has 1 fully saturated rings. The lowest BCUT2D eigenvalue weighted by Crippen LogP contribution is -2.38. The van der Waals surface area contributed by atoms with E-state index in [-0.39, 0.29) is 5.91 Å². The Bertz CT molecular complexity index is 473. The number of hydrogen-bond donors (Lipinski definition) is 2. The van der Waals surface area contributed by atoms with Gasteiger partial charge in [0.05, 0.1) is 0 Å². The van der Waals surface area contributed by atoms with E-state index in [4.69, 9.17) is 0 Å². The van der Waals surface area contributed by atoms with Crippen LogP contribution in [0.15, 0.2) is 18.2 Å². The Morgan fingerprint density at radius 3 is 2.85 bits per heavy atom. The molecule has 20 heavy (non-hydrogen) atoms. The van der Waals surface area contributed by atoms with Crippen molar-refractivity contribution in [2.45, 2.75) is 32.7 Å². The molecule has 1 heterocycles. The quantitative estimate of drug-likeness (QED) is 0.866. The van der Waals surface area contributed by atoms with E-state index < -0.39 is 0 Å². The molecule has 4 nitrogen and oxygen atoms in total. The average molecular weight is 275 g/mol. The van der Waals surface area contributed by atoms with Gasteiger partial charge in [0.1, 0.15) is 0 Å². The van der Waals surface area contributed by atoms with Gasteiger partial charge < -0.3 is 15.5 Å². The third kappa shape index (κ3) is 3.51. The van der Waals surface area contributed by atoms with Crippen molar-refractivity contribution in [2.24, 2.45) is 0 Å². The van der Waals surface area contributed by atoms with Gasteiger partial charge in [-0.1, -0.05) is 0 Å². The summed E-state index contributed by atoms with van der Waals surface area (Å²) in [5.41, 5.74) is 2.85. The SMILES string of the molecule is CCNc1ccc(C(=O)NCC2CCCN2C)c(C)c1. The highest BCUT2D eigenvalue weighted by Crippen LogP contribution is 2.16. The molecule has 1 aromatic rings. The van der Waals surface area contributed by atoms with Gasteiger partial charge in [0.15, 0.2) is 0 Å². The summed E-state index contributed by atoms with van der Waals surface area (Å²) in [4.78, 5) is 14.6. The summed E-state index contributed by atoms with van der Waals surface area (Å²) in [5.74, 6) is 0.0332. The fourth-order valence-corrected chi connectivity index (χ4v) is 2.78. The molecule has 0 aliphatic carbocycles. The molecule has 1 amide bonds. The highest BCUT2D eigenvalue weighted by atomic mass is 16.1. The van der Waals surface area contributed by atoms with Gasteiger partial charge in [-0.3, -0.25) is 4.79 Å². The van der Waals surface area contributed by atoms with Crippen molar-refractivity contribution in [2.75, 3.05) is 32.0 Å². The molecule has 1 aromatic carbocycles. The summed E-state index contributed by atoms with van der Waals surface area (Å²) < 4.78 is 0. The molecular weight excluding hydrogens is 250 g/mol. The number of hydrogen-bond acceptors (Lipinski definition) is 3. The zero-order chi connectivity index (χ0) is 14.5. The fraction of sp³-hybridized carbons (Fsp3) is 0.562. The summed E-state index contributed by atoms with van der Waals surface area (Å²) in [7, 11) is 2.13. The van der Waals surface area contributed by atoms with Crippen LogP contribution < -0.4 is 10.6 Å². The predicted molar refractivity (Wildman–Crippen MR) is 83.3 cm³/mol. The first kappa shape index (κ1) is 14.9. The van der Waals surface area contributed by atoms with Crippen LogP contribution in [0.5, 0.6) is 0 Å². The van der Waals surface area contributed by atoms with Crippen LogP contribution in [-0.2, 0) is 0 Å². The van der Waals surface area contributed by atoms with E-state index in [0.717, 1.165) is 36.4 Å². The third-order valence-corrected chi connectivity index (χ3v) is 4.02. The number of nitrogens with zero attached hydrogens (tertiary/aromatic N) is 1. The second-order valence-corrected chi connectivity index (χ2v) is 5.55. The minimum Gasteiger partial charge on any atom is -0.385 e. The Balaban J connectivity index is 1.95. The number of benzene rings is 1. The van der Waals surface area contributed by atoms with Gasteiger partial charge >= 0.3 is 0 Å². The fourth-order valence-electron chi connectivity index (χ4n) is 2.78. The van der Waals surface area contributed by atoms with Gasteiger partial charge in [0.25, 0.3) is 5.91 Å². The molecule has 1 aliphatic heterocycles. The van der Waals surface area contributed by atoms with Gasteiger partial charge in [-0.2, -0.15) is 0 Å². The van der Waals surface area contributed by atoms with E-state index in [0.29, 0.717) is 6.04 Å². The Labute approximate surface area is 121 Å². The monoisotopic (exact) mass is 275 g/mol. The molecule has 0 aromatic heterocycles. The molecule has 1 atom stereocenters. The van der Waals surface area contributed by atoms with Crippen molar-refractivity contribution < 1.29 is 4.79 Å². The standard InChI is InChI=1S/C16H25N3O/c1-4-17-13-7-8-15(12(2)10-13)16(20)18-11-14-6-5-9-19(14)3/h7-8,10,14,17H,4-6,9,11H2,1-3H3,(H,18,20). The largest absolute Gasteiger partial charge is 0.385 e. The highest BCUT2D eigenvalue weighted by Gasteiger charge is 2.21. The van der Waals surface area contributed by atoms with Crippen molar-refractivity contribution >= 4 is 11.6 Å². The van der Waals surface area contributed by atoms with E-state index in [1.807, 2.05) is 25.1 Å². The lowest BCUT2D eigenvalue weighted by molar-refractivity contribution is 0.0943. The normalized spacial score (nSPS) is 19.1. The number of carbonyl (C=O) groups excluding carboxylic acids is 1. The van der Waals surface area contributed by atoms with Crippen LogP contribution in [0.1, 0.15) is 35.7 Å². The minimum absolute atomic E-state index is 0.0332. The molecule has 1 unspecified atom stereocenters. The lowest BCUT2D eigenvalue weighted by atomic mass is 10.1. The topological polar surface area (TPSA) is 44.4 Å². The third-order valence-electron chi connectivity index (χ3n) is 4.02. The number of likely N-dealkylation sites (tertiary alicyclic amines) is 1. The number of aryl methyl sites for hydroxylation is 1. The van der Waals surface area contributed by atoms with Crippen LogP contribution in [0, 0.1) is 6.92 Å². The van der Waals surface area contributed by atoms with Crippen LogP contribution in [0.2, 0.25) is 0 Å². The summed E-state index contributed by atoms with van der Waals surface area (Å²) >= 11 is 0. The molecule has 2 rings (SSSR count). The first-order valence-corrected chi connectivity index (χ1v) is 7.44. The summed E-state index contributed by atoms with van der Waals surface area (Å²) in [6.07, 6.45) is 2.41. The van der Waals surface area contributed by atoms with Gasteiger partial charge in [-0.05, 0) is 64.0 Å². The molecule has 1 saturated heterocycles. The maximum atomic E-state index is 12.2. The average Bonchev–Trinajstić information content (AvgIpc) is 2.82. The predicted octanol–water partition coefficient (Wildman–Crippen LogP) is 2.25. The number of anilines is 1. The Kier molecular flexibility index (Phi) is 5.01. The van der Waals surface area contributed by atoms with E-state index >= 15 is 0 Å². The van der Waals surface area contributed by atoms with Crippen LogP contribution in [-0.4, -0.2) is 43.5 Å². The molecule has 4 heteroatoms. The van der Waals surface area contributed by atoms with Gasteiger partial charge in [0, 0.05) is 30.4 Å². The van der Waals surface area contributed by atoms with Crippen LogP contribution in [0.3, 0.4) is 0 Å². The summed E-state index contributed by atoms with van der Waals surface area (Å²) in [6, 6.07) is 6.38. The van der Waals surface area contributed by atoms with E-state index in [1.54, 1.807) is 0 Å². The first-order valence-electron chi connectivity index (χ1n) is 7.44. The molecule has 2 N–H and O–H groups in total. The van der Waals surface area contributed by atoms with Crippen molar-refractivity contribution in [3.05, 3.63) is 29.3 Å². The number of nitrogens with one attached hydrogen (secondary N) is 2. The maximum absolute atomic E-state index is 12.2. The number of carbonyl (C=O) groups is 1. The summed E-state index contributed by atoms with van der Waals surface area (Å²) in [6.45, 7) is 6.81. The Morgan fingerprint density at radius 2 is 2.25 bits per heavy atom. The van der Waals surface area contributed by atoms with Gasteiger partial charge in [-0.15, -0.1) is 0 Å². The molecule has 110 valence electrons. The van der Waals surface area contributed by atoms with E-state index in [2.05, 4.69) is 29.5 Å². The Morgan fingerprint density at radius 1 is 1.45 bits per heavy atom. The maximum Gasteiger partial charge on any atom is 0.251 e. The Hall–Kier alpha value is -1.55. The zero-order valence-corrected chi connectivity index (χ0v) is 12.7. The van der Waals surface area contributed by atoms with Crippen molar-refractivity contribution in [3.8, 4) is 0 Å². The van der Waals surface area contributed by atoms with Crippen molar-refractivity contribution in [3.63, 3.8) is 0 Å². The molecule has 0 radical (unpaired) electrons. The summed E-state index contributed by atoms with van der Waals surface area (Å²) in [5, 5.41) is 6.32. The van der Waals surface area contributed by atoms with Crippen molar-refractivity contribution in [1.82, 2.24) is 10.2 Å². The van der Waals surface area contributed by atoms with E-state index in [1.165, 1.54) is 12.8 Å². The smallest absolute Gasteiger partial charge is 0.251 e. The second kappa shape index (κ2) is 6.75. The van der Waals surface area contributed by atoms with Gasteiger partial charge in [0.2, 0.25) is 0 Å². The van der Waals surface area contributed by atoms with Crippen LogP contribution in [0.4, 0.5) is 5.69 Å². The highest BCUT2D eigenvalue weighted by molar-refractivity contribution is 5.96. The molecule has 1 aliphatic rings. The molecule has 0 spiro atoms.